The molecule has 2 aromatic heterocycles. The molecule has 2 aliphatic rings. The van der Waals surface area contributed by atoms with Crippen LogP contribution in [0.1, 0.15) is 33.6 Å². The first-order valence-electron chi connectivity index (χ1n) is 11.7. The fraction of sp³-hybridized carbons (Fsp3) is 0.148. The monoisotopic (exact) mass is 528 g/mol. The number of aromatic nitrogens is 2. The Labute approximate surface area is 220 Å². The predicted octanol–water partition coefficient (Wildman–Crippen LogP) is 4.70. The van der Waals surface area contributed by atoms with E-state index in [9.17, 15) is 10.1 Å². The molecule has 190 valence electrons. The fourth-order valence-corrected chi connectivity index (χ4v) is 5.05. The van der Waals surface area contributed by atoms with Gasteiger partial charge < -0.3 is 29.4 Å². The van der Waals surface area contributed by atoms with Crippen LogP contribution >= 0.6 is 11.3 Å². The molecule has 0 aliphatic carbocycles. The number of hydrogen-bond donors (Lipinski definition) is 2. The highest BCUT2D eigenvalue weighted by atomic mass is 32.1. The molecule has 4 heterocycles. The molecule has 2 aliphatic heterocycles. The molecule has 10 nitrogen and oxygen atoms in total. The van der Waals surface area contributed by atoms with E-state index in [1.165, 1.54) is 11.3 Å². The molecule has 0 fully saturated rings. The highest BCUT2D eigenvalue weighted by molar-refractivity contribution is 7.12. The Morgan fingerprint density at radius 3 is 2.87 bits per heavy atom. The summed E-state index contributed by atoms with van der Waals surface area (Å²) in [4.78, 5) is 13.1. The van der Waals surface area contributed by atoms with E-state index in [0.717, 1.165) is 5.56 Å². The lowest BCUT2D eigenvalue weighted by molar-refractivity contribution is 0.0733. The third kappa shape index (κ3) is 3.97. The number of nitrogens with one attached hydrogen (secondary N) is 1. The average Bonchev–Trinajstić information content (AvgIpc) is 3.69. The summed E-state index contributed by atoms with van der Waals surface area (Å²) in [6, 6.07) is 16.3. The number of hydrogen-bond acceptors (Lipinski definition) is 10. The quantitative estimate of drug-likeness (QED) is 0.269. The summed E-state index contributed by atoms with van der Waals surface area (Å²) in [5.74, 6) is 0.959. The number of nitrogens with zero attached hydrogens (tertiary/aromatic N) is 2. The second-order valence-electron chi connectivity index (χ2n) is 8.32. The summed E-state index contributed by atoms with van der Waals surface area (Å²) in [7, 11) is 0. The molecule has 38 heavy (non-hydrogen) atoms. The normalized spacial score (nSPS) is 15.4. The van der Waals surface area contributed by atoms with Gasteiger partial charge in [0.1, 0.15) is 16.5 Å². The molecule has 0 saturated heterocycles. The number of aromatic amines is 1. The Morgan fingerprint density at radius 1 is 1.21 bits per heavy atom. The predicted molar refractivity (Wildman–Crippen MR) is 136 cm³/mol. The van der Waals surface area contributed by atoms with Gasteiger partial charge in [0.25, 0.3) is 0 Å². The third-order valence-electron chi connectivity index (χ3n) is 6.13. The Morgan fingerprint density at radius 2 is 2.08 bits per heavy atom. The highest BCUT2D eigenvalue weighted by Crippen LogP contribution is 2.48. The molecular weight excluding hydrogens is 508 g/mol. The van der Waals surface area contributed by atoms with Gasteiger partial charge in [-0.15, -0.1) is 16.4 Å². The van der Waals surface area contributed by atoms with E-state index in [0.29, 0.717) is 45.6 Å². The molecule has 2 aromatic carbocycles. The van der Waals surface area contributed by atoms with Gasteiger partial charge in [0.05, 0.1) is 23.8 Å². The second kappa shape index (κ2) is 9.49. The number of carbonyl (C=O) groups excluding carboxylic acids is 1. The van der Waals surface area contributed by atoms with Crippen LogP contribution in [0.25, 0.3) is 11.3 Å². The minimum Gasteiger partial charge on any atom is -0.490 e. The minimum atomic E-state index is -0.635. The smallest absolute Gasteiger partial charge is 0.353 e. The molecule has 1 atom stereocenters. The van der Waals surface area contributed by atoms with Crippen molar-refractivity contribution >= 4 is 17.3 Å². The Hall–Kier alpha value is -4.95. The van der Waals surface area contributed by atoms with Gasteiger partial charge in [0.2, 0.25) is 18.6 Å². The topological polar surface area (TPSA) is 142 Å². The second-order valence-corrected chi connectivity index (χ2v) is 9.26. The van der Waals surface area contributed by atoms with E-state index < -0.39 is 11.9 Å². The number of nitriles is 1. The van der Waals surface area contributed by atoms with E-state index in [1.807, 2.05) is 25.1 Å². The number of rotatable bonds is 6. The maximum absolute atomic E-state index is 12.6. The van der Waals surface area contributed by atoms with Crippen LogP contribution in [0.2, 0.25) is 0 Å². The molecule has 6 rings (SSSR count). The van der Waals surface area contributed by atoms with Crippen molar-refractivity contribution in [3.05, 3.63) is 81.4 Å². The van der Waals surface area contributed by atoms with Crippen LogP contribution in [0.5, 0.6) is 28.9 Å². The summed E-state index contributed by atoms with van der Waals surface area (Å²) in [5, 5.41) is 19.2. The van der Waals surface area contributed by atoms with E-state index in [-0.39, 0.29) is 29.9 Å². The molecule has 0 saturated carbocycles. The van der Waals surface area contributed by atoms with Crippen molar-refractivity contribution in [1.29, 1.82) is 5.26 Å². The van der Waals surface area contributed by atoms with Crippen molar-refractivity contribution in [2.75, 3.05) is 13.4 Å². The first-order chi connectivity index (χ1) is 18.6. The van der Waals surface area contributed by atoms with E-state index in [1.54, 1.807) is 35.7 Å². The maximum Gasteiger partial charge on any atom is 0.353 e. The number of H-pyrrole nitrogens is 1. The zero-order chi connectivity index (χ0) is 26.2. The zero-order valence-corrected chi connectivity index (χ0v) is 20.8. The van der Waals surface area contributed by atoms with Crippen LogP contribution in [0.3, 0.4) is 0 Å². The summed E-state index contributed by atoms with van der Waals surface area (Å²) in [5.41, 5.74) is 9.06. The van der Waals surface area contributed by atoms with Crippen molar-refractivity contribution < 1.29 is 28.5 Å². The van der Waals surface area contributed by atoms with Gasteiger partial charge in [-0.2, -0.15) is 5.26 Å². The molecular formula is C27H20N4O6S. The van der Waals surface area contributed by atoms with E-state index in [4.69, 9.17) is 29.4 Å². The molecule has 0 bridgehead atoms. The third-order valence-corrected chi connectivity index (χ3v) is 6.98. The van der Waals surface area contributed by atoms with Crippen LogP contribution in [0.15, 0.2) is 65.4 Å². The lowest BCUT2D eigenvalue weighted by Crippen LogP contribution is -2.21. The maximum atomic E-state index is 12.6. The van der Waals surface area contributed by atoms with Crippen molar-refractivity contribution in [2.24, 2.45) is 5.73 Å². The Bertz CT molecular complexity index is 1620. The van der Waals surface area contributed by atoms with Crippen LogP contribution in [0, 0.1) is 11.3 Å². The number of thiophene rings is 1. The lowest BCUT2D eigenvalue weighted by Gasteiger charge is -2.25. The molecule has 0 spiro atoms. The summed E-state index contributed by atoms with van der Waals surface area (Å²) in [6.45, 7) is 2.31. The van der Waals surface area contributed by atoms with Crippen molar-refractivity contribution in [3.63, 3.8) is 0 Å². The first-order valence-corrected chi connectivity index (χ1v) is 12.5. The molecule has 11 heteroatoms. The van der Waals surface area contributed by atoms with Gasteiger partial charge in [0.15, 0.2) is 23.0 Å². The molecule has 4 aromatic rings. The van der Waals surface area contributed by atoms with Gasteiger partial charge >= 0.3 is 5.97 Å². The number of allylic oxidation sites excluding steroid dienone is 1. The molecule has 3 N–H and O–H groups in total. The number of carbonyl (C=O) groups is 1. The largest absolute Gasteiger partial charge is 0.490 e. The van der Waals surface area contributed by atoms with Crippen molar-refractivity contribution in [2.45, 2.75) is 12.8 Å². The molecule has 0 amide bonds. The van der Waals surface area contributed by atoms with Crippen LogP contribution in [0.4, 0.5) is 0 Å². The van der Waals surface area contributed by atoms with Crippen LogP contribution in [-0.2, 0) is 0 Å². The van der Waals surface area contributed by atoms with E-state index in [2.05, 4.69) is 16.3 Å². The Kier molecular flexibility index (Phi) is 5.86. The minimum absolute atomic E-state index is 0.0418. The number of nitrogens with two attached hydrogens (primary N) is 1. The van der Waals surface area contributed by atoms with Gasteiger partial charge in [-0.3, -0.25) is 5.10 Å². The standard InChI is InChI=1S/C27H20N4O6S/c1-2-33-20-10-14(5-8-18(20)36-27(32)21-4-3-9-38-21)22-16(12-28)25(29)37-26-23(22)24(30-31-26)15-6-7-17-19(11-15)35-13-34-17/h3-11,22H,2,13,29H2,1H3,(H,30,31)/t22-/m1/s1. The number of esters is 1. The SMILES string of the molecule is CCOc1cc([C@@H]2C(C#N)=C(N)Oc3n[nH]c(-c4ccc5c(c4)OCO5)c32)ccc1OC(=O)c1cccs1. The first kappa shape index (κ1) is 23.4. The molecule has 0 radical (unpaired) electrons. The van der Waals surface area contributed by atoms with Gasteiger partial charge in [-0.1, -0.05) is 12.1 Å². The number of fused-ring (bicyclic) bond motifs is 2. The van der Waals surface area contributed by atoms with E-state index >= 15 is 0 Å². The van der Waals surface area contributed by atoms with Crippen LogP contribution in [-0.4, -0.2) is 29.6 Å². The average molecular weight is 529 g/mol. The Balaban J connectivity index is 1.44. The summed E-state index contributed by atoms with van der Waals surface area (Å²) in [6.07, 6.45) is 0. The van der Waals surface area contributed by atoms with Crippen LogP contribution < -0.4 is 29.4 Å². The van der Waals surface area contributed by atoms with Crippen molar-refractivity contribution in [1.82, 2.24) is 10.2 Å². The lowest BCUT2D eigenvalue weighted by atomic mass is 9.83. The summed E-state index contributed by atoms with van der Waals surface area (Å²) >= 11 is 1.29. The highest BCUT2D eigenvalue weighted by Gasteiger charge is 2.36. The zero-order valence-electron chi connectivity index (χ0n) is 20.0. The summed E-state index contributed by atoms with van der Waals surface area (Å²) < 4.78 is 28.1. The van der Waals surface area contributed by atoms with Gasteiger partial charge in [0, 0.05) is 5.56 Å². The number of ether oxygens (including phenoxy) is 5. The van der Waals surface area contributed by atoms with Gasteiger partial charge in [-0.25, -0.2) is 4.79 Å². The van der Waals surface area contributed by atoms with Crippen molar-refractivity contribution in [3.8, 4) is 46.2 Å². The molecule has 0 unspecified atom stereocenters. The van der Waals surface area contributed by atoms with Gasteiger partial charge in [-0.05, 0) is 54.3 Å². The fourth-order valence-electron chi connectivity index (χ4n) is 4.45. The number of benzene rings is 2.